The van der Waals surface area contributed by atoms with Crippen molar-refractivity contribution in [3.63, 3.8) is 0 Å². The normalized spacial score (nSPS) is 10.0. The maximum atomic E-state index is 12.4. The van der Waals surface area contributed by atoms with Gasteiger partial charge in [-0.25, -0.2) is 0 Å². The number of anilines is 1. The van der Waals surface area contributed by atoms with Crippen LogP contribution in [0.2, 0.25) is 0 Å². The molecule has 0 saturated heterocycles. The van der Waals surface area contributed by atoms with E-state index in [2.05, 4.69) is 36.2 Å². The predicted molar refractivity (Wildman–Crippen MR) is 114 cm³/mol. The number of hydrogen-bond donors (Lipinski definition) is 2. The van der Waals surface area contributed by atoms with Crippen molar-refractivity contribution in [1.82, 2.24) is 10.2 Å². The van der Waals surface area contributed by atoms with E-state index in [1.807, 2.05) is 31.2 Å². The van der Waals surface area contributed by atoms with Crippen LogP contribution < -0.4 is 11.1 Å². The lowest BCUT2D eigenvalue weighted by molar-refractivity contribution is 0.0950. The van der Waals surface area contributed by atoms with Gasteiger partial charge in [0.1, 0.15) is 0 Å². The van der Waals surface area contributed by atoms with Gasteiger partial charge in [-0.3, -0.25) is 9.69 Å². The number of nitrogens with one attached hydrogen (secondary N) is 1. The van der Waals surface area contributed by atoms with Gasteiger partial charge in [0, 0.05) is 24.3 Å². The number of benzene rings is 2. The topological polar surface area (TPSA) is 58.4 Å². The second kappa shape index (κ2) is 11.8. The van der Waals surface area contributed by atoms with Crippen molar-refractivity contribution < 1.29 is 4.79 Å². The molecule has 0 aliphatic heterocycles. The third-order valence-electron chi connectivity index (χ3n) is 4.25. The van der Waals surface area contributed by atoms with Crippen LogP contribution in [0.15, 0.2) is 42.5 Å². The Labute approximate surface area is 169 Å². The molecule has 0 fully saturated rings. The monoisotopic (exact) mass is 397 g/mol. The number of nitrogen functional groups attached to an aromatic ring is 1. The Hall–Kier alpha value is -1.75. The molecule has 0 aliphatic rings. The minimum atomic E-state index is -0.0889. The first-order valence-electron chi connectivity index (χ1n) is 8.48. The summed E-state index contributed by atoms with van der Waals surface area (Å²) in [6, 6.07) is 13.8. The summed E-state index contributed by atoms with van der Waals surface area (Å²) in [7, 11) is 0. The number of nitrogens with two attached hydrogens (primary N) is 1. The average molecular weight is 398 g/mol. The molecule has 26 heavy (non-hydrogen) atoms. The maximum Gasteiger partial charge on any atom is 0.251 e. The van der Waals surface area contributed by atoms with E-state index in [1.54, 1.807) is 6.07 Å². The number of hydrogen-bond acceptors (Lipinski definition) is 3. The highest BCUT2D eigenvalue weighted by Gasteiger charge is 2.09. The Kier molecular flexibility index (Phi) is 11.0. The number of carbonyl (C=O) groups excluding carboxylic acids is 1. The molecular formula is C20H29Cl2N3O. The Morgan fingerprint density at radius 2 is 1.69 bits per heavy atom. The Balaban J connectivity index is 0.00000312. The fourth-order valence-electron chi connectivity index (χ4n) is 2.71. The SMILES string of the molecule is CCN(CC)Cc1cccc(CNC(=O)c2cc(N)ccc2C)c1.Cl.Cl. The van der Waals surface area contributed by atoms with Crippen LogP contribution in [0.25, 0.3) is 0 Å². The number of aryl methyl sites for hydroxylation is 1. The Bertz CT molecular complexity index is 703. The van der Waals surface area contributed by atoms with Crippen molar-refractivity contribution in [3.8, 4) is 0 Å². The quantitative estimate of drug-likeness (QED) is 0.688. The highest BCUT2D eigenvalue weighted by atomic mass is 35.5. The second-order valence-electron chi connectivity index (χ2n) is 6.04. The summed E-state index contributed by atoms with van der Waals surface area (Å²) < 4.78 is 0. The van der Waals surface area contributed by atoms with E-state index in [1.165, 1.54) is 5.56 Å². The molecule has 3 N–H and O–H groups in total. The molecule has 0 aliphatic carbocycles. The van der Waals surface area contributed by atoms with Crippen LogP contribution in [0.5, 0.6) is 0 Å². The highest BCUT2D eigenvalue weighted by molar-refractivity contribution is 5.96. The van der Waals surface area contributed by atoms with Crippen LogP contribution in [0.4, 0.5) is 5.69 Å². The van der Waals surface area contributed by atoms with Crippen LogP contribution in [0.1, 0.15) is 40.9 Å². The van der Waals surface area contributed by atoms with E-state index in [9.17, 15) is 4.79 Å². The molecule has 0 heterocycles. The zero-order valence-corrected chi connectivity index (χ0v) is 17.3. The molecule has 144 valence electrons. The van der Waals surface area contributed by atoms with E-state index in [4.69, 9.17) is 5.73 Å². The maximum absolute atomic E-state index is 12.4. The molecule has 2 aromatic rings. The molecule has 4 nitrogen and oxygen atoms in total. The standard InChI is InChI=1S/C20H27N3O.2ClH/c1-4-23(5-2)14-17-8-6-7-16(11-17)13-22-20(24)19-12-18(21)10-9-15(19)3;;/h6-12H,4-5,13-14,21H2,1-3H3,(H,22,24);2*1H. The molecule has 0 radical (unpaired) electrons. The number of rotatable bonds is 7. The summed E-state index contributed by atoms with van der Waals surface area (Å²) >= 11 is 0. The fourth-order valence-corrected chi connectivity index (χ4v) is 2.71. The van der Waals surface area contributed by atoms with Crippen LogP contribution >= 0.6 is 24.8 Å². The number of nitrogens with zero attached hydrogens (tertiary/aromatic N) is 1. The van der Waals surface area contributed by atoms with Crippen LogP contribution in [0.3, 0.4) is 0 Å². The summed E-state index contributed by atoms with van der Waals surface area (Å²) in [5.74, 6) is -0.0889. The van der Waals surface area contributed by atoms with Gasteiger partial charge >= 0.3 is 0 Å². The average Bonchev–Trinajstić information content (AvgIpc) is 2.60. The molecule has 0 bridgehead atoms. The fraction of sp³-hybridized carbons (Fsp3) is 0.350. The molecule has 0 spiro atoms. The summed E-state index contributed by atoms with van der Waals surface area (Å²) in [6.45, 7) is 9.77. The number of carbonyl (C=O) groups is 1. The molecular weight excluding hydrogens is 369 g/mol. The third-order valence-corrected chi connectivity index (χ3v) is 4.25. The molecule has 0 atom stereocenters. The lowest BCUT2D eigenvalue weighted by Gasteiger charge is -2.18. The van der Waals surface area contributed by atoms with Crippen molar-refractivity contribution in [1.29, 1.82) is 0 Å². The largest absolute Gasteiger partial charge is 0.399 e. The van der Waals surface area contributed by atoms with Gasteiger partial charge in [0.05, 0.1) is 0 Å². The van der Waals surface area contributed by atoms with Crippen molar-refractivity contribution in [2.24, 2.45) is 0 Å². The number of halogens is 2. The van der Waals surface area contributed by atoms with E-state index >= 15 is 0 Å². The van der Waals surface area contributed by atoms with Crippen LogP contribution in [0, 0.1) is 6.92 Å². The third kappa shape index (κ3) is 6.87. The molecule has 2 aromatic carbocycles. The van der Waals surface area contributed by atoms with E-state index in [0.717, 1.165) is 30.8 Å². The van der Waals surface area contributed by atoms with Gasteiger partial charge in [0.25, 0.3) is 5.91 Å². The van der Waals surface area contributed by atoms with Gasteiger partial charge in [-0.2, -0.15) is 0 Å². The Morgan fingerprint density at radius 3 is 2.35 bits per heavy atom. The lowest BCUT2D eigenvalue weighted by atomic mass is 10.1. The van der Waals surface area contributed by atoms with Gasteiger partial charge in [-0.15, -0.1) is 24.8 Å². The second-order valence-corrected chi connectivity index (χ2v) is 6.04. The van der Waals surface area contributed by atoms with Gasteiger partial charge in [-0.05, 0) is 48.8 Å². The van der Waals surface area contributed by atoms with E-state index in [0.29, 0.717) is 17.8 Å². The first-order valence-corrected chi connectivity index (χ1v) is 8.48. The lowest BCUT2D eigenvalue weighted by Crippen LogP contribution is -2.24. The predicted octanol–water partition coefficient (Wildman–Crippen LogP) is 4.19. The zero-order chi connectivity index (χ0) is 17.5. The minimum absolute atomic E-state index is 0. The van der Waals surface area contributed by atoms with Crippen molar-refractivity contribution in [3.05, 3.63) is 64.7 Å². The van der Waals surface area contributed by atoms with Crippen molar-refractivity contribution in [2.75, 3.05) is 18.8 Å². The summed E-state index contributed by atoms with van der Waals surface area (Å²) in [4.78, 5) is 14.7. The van der Waals surface area contributed by atoms with E-state index in [-0.39, 0.29) is 30.7 Å². The molecule has 6 heteroatoms. The van der Waals surface area contributed by atoms with Crippen LogP contribution in [-0.2, 0) is 13.1 Å². The van der Waals surface area contributed by atoms with Gasteiger partial charge in [-0.1, -0.05) is 44.2 Å². The van der Waals surface area contributed by atoms with Gasteiger partial charge in [0.2, 0.25) is 0 Å². The summed E-state index contributed by atoms with van der Waals surface area (Å²) in [5.41, 5.74) is 10.3. The minimum Gasteiger partial charge on any atom is -0.399 e. The van der Waals surface area contributed by atoms with E-state index < -0.39 is 0 Å². The van der Waals surface area contributed by atoms with Crippen LogP contribution in [-0.4, -0.2) is 23.9 Å². The first-order chi connectivity index (χ1) is 11.5. The highest BCUT2D eigenvalue weighted by Crippen LogP contribution is 2.13. The zero-order valence-electron chi connectivity index (χ0n) is 15.6. The Morgan fingerprint density at radius 1 is 1.04 bits per heavy atom. The van der Waals surface area contributed by atoms with Gasteiger partial charge in [0.15, 0.2) is 0 Å². The first kappa shape index (κ1) is 24.2. The molecule has 1 amide bonds. The van der Waals surface area contributed by atoms with Gasteiger partial charge < -0.3 is 11.1 Å². The molecule has 2 rings (SSSR count). The summed E-state index contributed by atoms with van der Waals surface area (Å²) in [5, 5.41) is 2.98. The molecule has 0 saturated carbocycles. The smallest absolute Gasteiger partial charge is 0.251 e. The number of amides is 1. The van der Waals surface area contributed by atoms with Crippen molar-refractivity contribution in [2.45, 2.75) is 33.9 Å². The molecule has 0 unspecified atom stereocenters. The van der Waals surface area contributed by atoms with Crippen molar-refractivity contribution >= 4 is 36.4 Å². The molecule has 0 aromatic heterocycles. The summed E-state index contributed by atoms with van der Waals surface area (Å²) in [6.07, 6.45) is 0.